The van der Waals surface area contributed by atoms with Gasteiger partial charge in [0.2, 0.25) is 15.8 Å². The van der Waals surface area contributed by atoms with Crippen LogP contribution in [0.2, 0.25) is 0 Å². The molecule has 0 spiro atoms. The number of ether oxygens (including phenoxy) is 2. The zero-order valence-electron chi connectivity index (χ0n) is 17.5. The highest BCUT2D eigenvalue weighted by atomic mass is 32.2. The smallest absolute Gasteiger partial charge is 0.312 e. The van der Waals surface area contributed by atoms with E-state index < -0.39 is 20.6 Å². The van der Waals surface area contributed by atoms with Gasteiger partial charge in [0.25, 0.3) is 0 Å². The van der Waals surface area contributed by atoms with Gasteiger partial charge in [-0.05, 0) is 56.0 Å². The van der Waals surface area contributed by atoms with Crippen LogP contribution in [-0.4, -0.2) is 43.6 Å². The molecule has 2 aromatic rings. The Kier molecular flexibility index (Phi) is 6.61. The summed E-state index contributed by atoms with van der Waals surface area (Å²) in [6, 6.07) is 8.03. The summed E-state index contributed by atoms with van der Waals surface area (Å²) in [5, 5.41) is 11.6. The van der Waals surface area contributed by atoms with Crippen molar-refractivity contribution in [3.8, 4) is 17.2 Å². The van der Waals surface area contributed by atoms with E-state index in [0.717, 1.165) is 18.9 Å². The number of nitro groups is 1. The molecule has 0 radical (unpaired) electrons. The van der Waals surface area contributed by atoms with Crippen LogP contribution in [-0.2, 0) is 10.0 Å². The molecule has 1 fully saturated rings. The lowest BCUT2D eigenvalue weighted by molar-refractivity contribution is -0.385. The van der Waals surface area contributed by atoms with Gasteiger partial charge in [-0.15, -0.1) is 0 Å². The van der Waals surface area contributed by atoms with E-state index in [1.165, 1.54) is 48.7 Å². The van der Waals surface area contributed by atoms with Crippen molar-refractivity contribution in [1.29, 1.82) is 0 Å². The van der Waals surface area contributed by atoms with Crippen molar-refractivity contribution in [2.45, 2.75) is 31.6 Å². The van der Waals surface area contributed by atoms with E-state index in [9.17, 15) is 23.3 Å². The number of carbonyl (C=O) groups excluding carboxylic acids is 1. The van der Waals surface area contributed by atoms with Crippen molar-refractivity contribution >= 4 is 21.5 Å². The number of nitro benzene ring substituents is 1. The van der Waals surface area contributed by atoms with Crippen LogP contribution in [0.1, 0.15) is 37.0 Å². The van der Waals surface area contributed by atoms with Gasteiger partial charge in [0.15, 0.2) is 17.3 Å². The molecule has 2 aromatic carbocycles. The molecule has 0 aliphatic carbocycles. The predicted molar refractivity (Wildman–Crippen MR) is 113 cm³/mol. The van der Waals surface area contributed by atoms with Crippen LogP contribution in [0.15, 0.2) is 41.3 Å². The lowest BCUT2D eigenvalue weighted by Gasteiger charge is -2.29. The van der Waals surface area contributed by atoms with Crippen LogP contribution >= 0.6 is 0 Å². The Labute approximate surface area is 180 Å². The first-order valence-electron chi connectivity index (χ1n) is 9.79. The number of hydrogen-bond acceptors (Lipinski definition) is 7. The Morgan fingerprint density at radius 2 is 1.74 bits per heavy atom. The number of sulfonamides is 1. The molecule has 1 aliphatic rings. The van der Waals surface area contributed by atoms with E-state index in [0.29, 0.717) is 24.6 Å². The minimum atomic E-state index is -3.85. The van der Waals surface area contributed by atoms with Gasteiger partial charge in [0.05, 0.1) is 16.9 Å². The minimum Gasteiger partial charge on any atom is -0.493 e. The first-order chi connectivity index (χ1) is 14.6. The number of piperidine rings is 1. The van der Waals surface area contributed by atoms with Crippen LogP contribution in [0.25, 0.3) is 0 Å². The summed E-state index contributed by atoms with van der Waals surface area (Å²) in [4.78, 5) is 22.4. The van der Waals surface area contributed by atoms with E-state index >= 15 is 0 Å². The zero-order chi connectivity index (χ0) is 22.8. The normalized spacial score (nSPS) is 15.5. The van der Waals surface area contributed by atoms with Crippen LogP contribution in [0, 0.1) is 16.0 Å². The lowest BCUT2D eigenvalue weighted by atomic mass is 10.0. The SMILES string of the molecule is COc1cc(C(C)=O)ccc1Oc1ccc(S(=O)(=O)N2CCC(C)CC2)cc1[N+](=O)[O-]. The highest BCUT2D eigenvalue weighted by Crippen LogP contribution is 2.38. The van der Waals surface area contributed by atoms with Crippen molar-refractivity contribution in [3.63, 3.8) is 0 Å². The number of nitrogens with zero attached hydrogens (tertiary/aromatic N) is 2. The van der Waals surface area contributed by atoms with Crippen molar-refractivity contribution < 1.29 is 27.6 Å². The van der Waals surface area contributed by atoms with Crippen LogP contribution in [0.4, 0.5) is 5.69 Å². The summed E-state index contributed by atoms with van der Waals surface area (Å²) in [6.45, 7) is 4.24. The van der Waals surface area contributed by atoms with E-state index in [2.05, 4.69) is 6.92 Å². The number of ketones is 1. The molecule has 0 saturated carbocycles. The Bertz CT molecular complexity index is 1110. The fourth-order valence-corrected chi connectivity index (χ4v) is 4.84. The van der Waals surface area contributed by atoms with Crippen LogP contribution < -0.4 is 9.47 Å². The van der Waals surface area contributed by atoms with E-state index in [4.69, 9.17) is 9.47 Å². The topological polar surface area (TPSA) is 116 Å². The molecule has 166 valence electrons. The Morgan fingerprint density at radius 1 is 1.10 bits per heavy atom. The largest absolute Gasteiger partial charge is 0.493 e. The zero-order valence-corrected chi connectivity index (χ0v) is 18.3. The molecule has 0 N–H and O–H groups in total. The molecular weight excluding hydrogens is 424 g/mol. The number of rotatable bonds is 7. The first-order valence-corrected chi connectivity index (χ1v) is 11.2. The van der Waals surface area contributed by atoms with Crippen molar-refractivity contribution in [2.24, 2.45) is 5.92 Å². The summed E-state index contributed by atoms with van der Waals surface area (Å²) < 4.78 is 38.2. The number of Topliss-reactive ketones (excluding diaryl/α,β-unsaturated/α-hetero) is 1. The molecular formula is C21H24N2O7S. The van der Waals surface area contributed by atoms with E-state index in [-0.39, 0.29) is 27.9 Å². The number of methoxy groups -OCH3 is 1. The molecule has 1 saturated heterocycles. The monoisotopic (exact) mass is 448 g/mol. The third kappa shape index (κ3) is 4.86. The second-order valence-electron chi connectivity index (χ2n) is 7.50. The van der Waals surface area contributed by atoms with Gasteiger partial charge in [0.1, 0.15) is 0 Å². The minimum absolute atomic E-state index is 0.134. The summed E-state index contributed by atoms with van der Waals surface area (Å²) in [7, 11) is -2.46. The maximum absolute atomic E-state index is 13.0. The van der Waals surface area contributed by atoms with E-state index in [1.54, 1.807) is 0 Å². The van der Waals surface area contributed by atoms with Gasteiger partial charge in [-0.25, -0.2) is 8.42 Å². The average Bonchev–Trinajstić information content (AvgIpc) is 2.74. The Balaban J connectivity index is 1.95. The Hall–Kier alpha value is -2.98. The third-order valence-corrected chi connectivity index (χ3v) is 7.19. The number of hydrogen-bond donors (Lipinski definition) is 0. The van der Waals surface area contributed by atoms with Crippen molar-refractivity contribution in [1.82, 2.24) is 4.31 Å². The second-order valence-corrected chi connectivity index (χ2v) is 9.44. The molecule has 1 heterocycles. The molecule has 0 aromatic heterocycles. The predicted octanol–water partition coefficient (Wildman–Crippen LogP) is 4.02. The Morgan fingerprint density at radius 3 is 2.32 bits per heavy atom. The van der Waals surface area contributed by atoms with Gasteiger partial charge in [-0.2, -0.15) is 4.31 Å². The van der Waals surface area contributed by atoms with Gasteiger partial charge in [-0.3, -0.25) is 14.9 Å². The molecule has 0 unspecified atom stereocenters. The number of carbonyl (C=O) groups is 1. The molecule has 0 amide bonds. The van der Waals surface area contributed by atoms with Crippen molar-refractivity contribution in [3.05, 3.63) is 52.1 Å². The maximum atomic E-state index is 13.0. The number of benzene rings is 2. The third-order valence-electron chi connectivity index (χ3n) is 5.30. The second kappa shape index (κ2) is 9.03. The highest BCUT2D eigenvalue weighted by molar-refractivity contribution is 7.89. The molecule has 1 aliphatic heterocycles. The standard InChI is InChI=1S/C21H24N2O7S/c1-14-8-10-22(11-9-14)31(27,28)17-5-7-19(18(13-17)23(25)26)30-20-6-4-16(15(2)24)12-21(20)29-3/h4-7,12-14H,8-11H2,1-3H3. The van der Waals surface area contributed by atoms with Gasteiger partial charge >= 0.3 is 5.69 Å². The summed E-state index contributed by atoms with van der Waals surface area (Å²) in [6.07, 6.45) is 1.50. The lowest BCUT2D eigenvalue weighted by Crippen LogP contribution is -2.37. The van der Waals surface area contributed by atoms with Crippen LogP contribution in [0.5, 0.6) is 17.2 Å². The van der Waals surface area contributed by atoms with Gasteiger partial charge in [0, 0.05) is 24.7 Å². The van der Waals surface area contributed by atoms with Crippen LogP contribution in [0.3, 0.4) is 0 Å². The maximum Gasteiger partial charge on any atom is 0.312 e. The molecule has 0 bridgehead atoms. The fraction of sp³-hybridized carbons (Fsp3) is 0.381. The summed E-state index contributed by atoms with van der Waals surface area (Å²) in [5.74, 6) is 0.529. The highest BCUT2D eigenvalue weighted by Gasteiger charge is 2.30. The molecule has 0 atom stereocenters. The van der Waals surface area contributed by atoms with Gasteiger partial charge < -0.3 is 9.47 Å². The van der Waals surface area contributed by atoms with Gasteiger partial charge in [-0.1, -0.05) is 6.92 Å². The first kappa shape index (κ1) is 22.7. The molecule has 10 heteroatoms. The summed E-state index contributed by atoms with van der Waals surface area (Å²) >= 11 is 0. The fourth-order valence-electron chi connectivity index (χ4n) is 3.35. The van der Waals surface area contributed by atoms with E-state index in [1.807, 2.05) is 0 Å². The quantitative estimate of drug-likeness (QED) is 0.357. The molecule has 31 heavy (non-hydrogen) atoms. The average molecular weight is 448 g/mol. The summed E-state index contributed by atoms with van der Waals surface area (Å²) in [5.41, 5.74) is -0.0832. The molecule has 9 nitrogen and oxygen atoms in total. The molecule has 3 rings (SSSR count). The van der Waals surface area contributed by atoms with Crippen molar-refractivity contribution in [2.75, 3.05) is 20.2 Å².